The molecule has 1 aromatic heterocycles. The van der Waals surface area contributed by atoms with Gasteiger partial charge >= 0.3 is 0 Å². The van der Waals surface area contributed by atoms with Crippen LogP contribution in [0.2, 0.25) is 0 Å². The number of anilines is 2. The zero-order valence-electron chi connectivity index (χ0n) is 10.0. The summed E-state index contributed by atoms with van der Waals surface area (Å²) in [6.45, 7) is 0.502. The number of thiazole rings is 1. The van der Waals surface area contributed by atoms with Crippen molar-refractivity contribution in [1.82, 2.24) is 4.98 Å². The number of benzene rings is 1. The van der Waals surface area contributed by atoms with Gasteiger partial charge in [0.1, 0.15) is 18.2 Å². The van der Waals surface area contributed by atoms with Crippen molar-refractivity contribution in [3.05, 3.63) is 35.2 Å². The number of halogens is 1. The van der Waals surface area contributed by atoms with Crippen LogP contribution in [0.5, 0.6) is 5.75 Å². The number of nitrogen functional groups attached to an aromatic ring is 1. The molecule has 5 nitrogen and oxygen atoms in total. The lowest BCUT2D eigenvalue weighted by Crippen LogP contribution is -1.97. The highest BCUT2D eigenvalue weighted by Gasteiger charge is 1.96. The molecule has 0 radical (unpaired) electrons. The first kappa shape index (κ1) is 13.6. The van der Waals surface area contributed by atoms with Crippen molar-refractivity contribution in [3.8, 4) is 5.75 Å². The second-order valence-electron chi connectivity index (χ2n) is 3.55. The summed E-state index contributed by atoms with van der Waals surface area (Å²) in [7, 11) is 0. The fraction of sp³-hybridized carbons (Fsp3) is 0.167. The molecule has 0 fully saturated rings. The highest BCUT2D eigenvalue weighted by Crippen LogP contribution is 2.16. The molecule has 0 unspecified atom stereocenters. The van der Waals surface area contributed by atoms with Gasteiger partial charge in [0.25, 0.3) is 0 Å². The van der Waals surface area contributed by atoms with E-state index in [9.17, 15) is 0 Å². The highest BCUT2D eigenvalue weighted by molar-refractivity contribution is 7.14. The summed E-state index contributed by atoms with van der Waals surface area (Å²) in [6.07, 6.45) is 1.70. The van der Waals surface area contributed by atoms with Crippen molar-refractivity contribution in [3.63, 3.8) is 0 Å². The van der Waals surface area contributed by atoms with Gasteiger partial charge in [0, 0.05) is 5.38 Å². The van der Waals surface area contributed by atoms with Gasteiger partial charge in [-0.3, -0.25) is 5.43 Å². The molecule has 1 aromatic carbocycles. The number of hydrazone groups is 1. The predicted molar refractivity (Wildman–Crippen MR) is 80.4 cm³/mol. The Morgan fingerprint density at radius 3 is 2.84 bits per heavy atom. The van der Waals surface area contributed by atoms with E-state index in [1.165, 1.54) is 11.3 Å². The molecule has 0 bridgehead atoms. The van der Waals surface area contributed by atoms with Crippen LogP contribution >= 0.6 is 22.9 Å². The molecule has 0 aliphatic carbocycles. The predicted octanol–water partition coefficient (Wildman–Crippen LogP) is 2.79. The Morgan fingerprint density at radius 1 is 1.42 bits per heavy atom. The van der Waals surface area contributed by atoms with Crippen LogP contribution in [-0.4, -0.2) is 23.7 Å². The number of ether oxygens (including phenoxy) is 1. The molecule has 1 heterocycles. The molecule has 100 valence electrons. The summed E-state index contributed by atoms with van der Waals surface area (Å²) in [4.78, 5) is 4.03. The molecule has 0 spiro atoms. The third-order valence-electron chi connectivity index (χ3n) is 2.12. The van der Waals surface area contributed by atoms with Crippen molar-refractivity contribution in [2.24, 2.45) is 5.10 Å². The van der Waals surface area contributed by atoms with E-state index in [1.54, 1.807) is 11.6 Å². The first-order valence-corrected chi connectivity index (χ1v) is 6.98. The van der Waals surface area contributed by atoms with E-state index < -0.39 is 0 Å². The second-order valence-corrected chi connectivity index (χ2v) is 4.79. The Labute approximate surface area is 120 Å². The maximum Gasteiger partial charge on any atom is 0.205 e. The number of alkyl halides is 1. The van der Waals surface area contributed by atoms with Crippen LogP contribution in [-0.2, 0) is 0 Å². The zero-order chi connectivity index (χ0) is 13.5. The summed E-state index contributed by atoms with van der Waals surface area (Å²) in [5.41, 5.74) is 9.27. The third kappa shape index (κ3) is 4.42. The molecule has 0 atom stereocenters. The third-order valence-corrected chi connectivity index (χ3v) is 3.04. The molecule has 0 aliphatic heterocycles. The van der Waals surface area contributed by atoms with Gasteiger partial charge < -0.3 is 10.5 Å². The molecule has 19 heavy (non-hydrogen) atoms. The molecule has 0 amide bonds. The van der Waals surface area contributed by atoms with E-state index >= 15 is 0 Å². The topological polar surface area (TPSA) is 72.5 Å². The van der Waals surface area contributed by atoms with Crippen LogP contribution in [0.3, 0.4) is 0 Å². The second kappa shape index (κ2) is 6.96. The molecule has 2 aromatic rings. The number of nitrogens with zero attached hydrogens (tertiary/aromatic N) is 2. The van der Waals surface area contributed by atoms with Gasteiger partial charge in [-0.1, -0.05) is 0 Å². The van der Waals surface area contributed by atoms with Crippen molar-refractivity contribution < 1.29 is 4.74 Å². The fourth-order valence-corrected chi connectivity index (χ4v) is 1.93. The van der Waals surface area contributed by atoms with Crippen molar-refractivity contribution >= 4 is 40.1 Å². The summed E-state index contributed by atoms with van der Waals surface area (Å²) in [5.74, 6) is 1.76. The van der Waals surface area contributed by atoms with E-state index in [0.717, 1.165) is 11.3 Å². The number of aromatic nitrogens is 1. The monoisotopic (exact) mass is 296 g/mol. The minimum Gasteiger partial charge on any atom is -0.492 e. The van der Waals surface area contributed by atoms with Crippen LogP contribution < -0.4 is 15.9 Å². The zero-order valence-corrected chi connectivity index (χ0v) is 11.6. The first-order chi connectivity index (χ1) is 9.28. The smallest absolute Gasteiger partial charge is 0.205 e. The molecule has 2 rings (SSSR count). The summed E-state index contributed by atoms with van der Waals surface area (Å²) in [6, 6.07) is 7.56. The van der Waals surface area contributed by atoms with Crippen molar-refractivity contribution in [2.75, 3.05) is 23.6 Å². The van der Waals surface area contributed by atoms with Crippen molar-refractivity contribution in [1.29, 1.82) is 0 Å². The van der Waals surface area contributed by atoms with Crippen LogP contribution in [0.25, 0.3) is 0 Å². The van der Waals surface area contributed by atoms with E-state index in [1.807, 2.05) is 24.3 Å². The van der Waals surface area contributed by atoms with Crippen LogP contribution in [0, 0.1) is 0 Å². The van der Waals surface area contributed by atoms with Gasteiger partial charge in [-0.15, -0.1) is 22.9 Å². The molecular weight excluding hydrogens is 284 g/mol. The van der Waals surface area contributed by atoms with Gasteiger partial charge in [0.2, 0.25) is 5.13 Å². The number of hydrogen-bond donors (Lipinski definition) is 2. The lowest BCUT2D eigenvalue weighted by Gasteiger charge is -2.03. The number of rotatable bonds is 6. The number of nitrogens with two attached hydrogens (primary N) is 1. The SMILES string of the molecule is Nc1csc(NN=Cc2ccc(OCCCl)cc2)n1. The average molecular weight is 297 g/mol. The fourth-order valence-electron chi connectivity index (χ4n) is 1.31. The maximum atomic E-state index is 5.54. The highest BCUT2D eigenvalue weighted by atomic mass is 35.5. The Balaban J connectivity index is 1.88. The van der Waals surface area contributed by atoms with Gasteiger partial charge in [0.05, 0.1) is 12.1 Å². The van der Waals surface area contributed by atoms with Gasteiger partial charge in [-0.05, 0) is 29.8 Å². The molecule has 0 saturated heterocycles. The van der Waals surface area contributed by atoms with Gasteiger partial charge in [-0.25, -0.2) is 4.98 Å². The Morgan fingerprint density at radius 2 is 2.21 bits per heavy atom. The average Bonchev–Trinajstić information content (AvgIpc) is 2.84. The lowest BCUT2D eigenvalue weighted by molar-refractivity contribution is 0.343. The van der Waals surface area contributed by atoms with Gasteiger partial charge in [0.15, 0.2) is 0 Å². The molecule has 7 heteroatoms. The Kier molecular flexibility index (Phi) is 5.00. The Bertz CT molecular complexity index is 541. The summed E-state index contributed by atoms with van der Waals surface area (Å²) in [5, 5.41) is 6.49. The van der Waals surface area contributed by atoms with Crippen molar-refractivity contribution in [2.45, 2.75) is 0 Å². The largest absolute Gasteiger partial charge is 0.492 e. The van der Waals surface area contributed by atoms with E-state index in [0.29, 0.717) is 23.4 Å². The first-order valence-electron chi connectivity index (χ1n) is 5.57. The number of hydrogen-bond acceptors (Lipinski definition) is 6. The molecule has 3 N–H and O–H groups in total. The molecular formula is C12H13ClN4OS. The molecule has 0 aliphatic rings. The van der Waals surface area contributed by atoms with Crippen LogP contribution in [0.15, 0.2) is 34.7 Å². The van der Waals surface area contributed by atoms with E-state index in [2.05, 4.69) is 15.5 Å². The van der Waals surface area contributed by atoms with Gasteiger partial charge in [-0.2, -0.15) is 5.10 Å². The van der Waals surface area contributed by atoms with E-state index in [-0.39, 0.29) is 0 Å². The quantitative estimate of drug-likeness (QED) is 0.488. The molecule has 0 saturated carbocycles. The Hall–Kier alpha value is -1.79. The van der Waals surface area contributed by atoms with Crippen LogP contribution in [0.4, 0.5) is 10.9 Å². The lowest BCUT2D eigenvalue weighted by atomic mass is 10.2. The maximum absolute atomic E-state index is 5.54. The summed E-state index contributed by atoms with van der Waals surface area (Å²) >= 11 is 6.95. The minimum absolute atomic E-state index is 0.476. The minimum atomic E-state index is 0.476. The van der Waals surface area contributed by atoms with E-state index in [4.69, 9.17) is 22.1 Å². The summed E-state index contributed by atoms with van der Waals surface area (Å²) < 4.78 is 5.37. The van der Waals surface area contributed by atoms with Crippen LogP contribution in [0.1, 0.15) is 5.56 Å². The normalized spacial score (nSPS) is 10.8. The standard InChI is InChI=1S/C12H13ClN4OS/c13-5-6-18-10-3-1-9(2-4-10)7-15-17-12-16-11(14)8-19-12/h1-4,7-8H,5-6,14H2,(H,16,17). The number of nitrogens with one attached hydrogen (secondary N) is 1.